The highest BCUT2D eigenvalue weighted by molar-refractivity contribution is 7.99. The third kappa shape index (κ3) is 2.66. The Balaban J connectivity index is 2.11. The molecule has 0 aliphatic rings. The van der Waals surface area contributed by atoms with Crippen LogP contribution in [0.15, 0.2) is 58.7 Å². The topological polar surface area (TPSA) is 89.1 Å². The maximum absolute atomic E-state index is 11.3. The highest BCUT2D eigenvalue weighted by Crippen LogP contribution is 2.34. The number of benzene rings is 2. The predicted molar refractivity (Wildman–Crippen MR) is 81.5 cm³/mol. The number of rotatable bonds is 3. The van der Waals surface area contributed by atoms with Gasteiger partial charge < -0.3 is 10.8 Å². The smallest absolute Gasteiger partial charge is 0.336 e. The van der Waals surface area contributed by atoms with Crippen molar-refractivity contribution in [2.24, 2.45) is 0 Å². The number of aromatic carboxylic acids is 1. The number of anilines is 1. The first kappa shape index (κ1) is 13.4. The number of nitrogens with two attached hydrogens (primary N) is 1. The molecule has 2 aromatic carbocycles. The summed E-state index contributed by atoms with van der Waals surface area (Å²) in [5.41, 5.74) is 7.29. The number of para-hydroxylation sites is 1. The Morgan fingerprint density at radius 3 is 2.76 bits per heavy atom. The van der Waals surface area contributed by atoms with Crippen LogP contribution in [0.25, 0.3) is 10.9 Å². The summed E-state index contributed by atoms with van der Waals surface area (Å²) in [6, 6.07) is 12.3. The minimum absolute atomic E-state index is 0.205. The molecule has 0 unspecified atom stereocenters. The Bertz CT molecular complexity index is 831. The fourth-order valence-corrected chi connectivity index (χ4v) is 3.02. The molecule has 3 rings (SSSR count). The van der Waals surface area contributed by atoms with Crippen LogP contribution in [0.3, 0.4) is 0 Å². The molecule has 0 spiro atoms. The van der Waals surface area contributed by atoms with Crippen molar-refractivity contribution in [1.82, 2.24) is 9.97 Å². The van der Waals surface area contributed by atoms with Gasteiger partial charge in [-0.1, -0.05) is 30.0 Å². The van der Waals surface area contributed by atoms with Crippen LogP contribution in [0.1, 0.15) is 10.4 Å². The SMILES string of the molecule is Nc1ccc(C(=O)O)c(Sc2ncnc3ccccc23)c1. The first-order valence-corrected chi connectivity index (χ1v) is 6.97. The van der Waals surface area contributed by atoms with Crippen LogP contribution in [0.2, 0.25) is 0 Å². The fourth-order valence-electron chi connectivity index (χ4n) is 1.97. The van der Waals surface area contributed by atoms with Crippen molar-refractivity contribution in [2.45, 2.75) is 9.92 Å². The summed E-state index contributed by atoms with van der Waals surface area (Å²) >= 11 is 1.27. The molecule has 21 heavy (non-hydrogen) atoms. The van der Waals surface area contributed by atoms with Crippen LogP contribution in [-0.2, 0) is 0 Å². The van der Waals surface area contributed by atoms with Crippen LogP contribution in [0.5, 0.6) is 0 Å². The van der Waals surface area contributed by atoms with E-state index in [9.17, 15) is 9.90 Å². The lowest BCUT2D eigenvalue weighted by Gasteiger charge is -2.08. The van der Waals surface area contributed by atoms with Gasteiger partial charge in [0.25, 0.3) is 0 Å². The minimum atomic E-state index is -0.990. The molecule has 0 amide bonds. The number of hydrogen-bond acceptors (Lipinski definition) is 5. The Hall–Kier alpha value is -2.60. The van der Waals surface area contributed by atoms with Gasteiger partial charge >= 0.3 is 5.97 Å². The minimum Gasteiger partial charge on any atom is -0.478 e. The maximum atomic E-state index is 11.3. The quantitative estimate of drug-likeness (QED) is 0.570. The zero-order valence-electron chi connectivity index (χ0n) is 10.9. The second kappa shape index (κ2) is 5.41. The summed E-state index contributed by atoms with van der Waals surface area (Å²) in [4.78, 5) is 20.3. The molecule has 0 saturated carbocycles. The van der Waals surface area contributed by atoms with Crippen LogP contribution >= 0.6 is 11.8 Å². The third-order valence-electron chi connectivity index (χ3n) is 2.95. The Morgan fingerprint density at radius 2 is 1.95 bits per heavy atom. The van der Waals surface area contributed by atoms with Gasteiger partial charge in [-0.2, -0.15) is 0 Å². The molecule has 0 aliphatic carbocycles. The summed E-state index contributed by atoms with van der Waals surface area (Å²) in [6.45, 7) is 0. The lowest BCUT2D eigenvalue weighted by molar-refractivity contribution is 0.0693. The largest absolute Gasteiger partial charge is 0.478 e. The summed E-state index contributed by atoms with van der Waals surface area (Å²) in [5, 5.41) is 10.8. The molecular formula is C15H11N3O2S. The monoisotopic (exact) mass is 297 g/mol. The average Bonchev–Trinajstić information content (AvgIpc) is 2.47. The zero-order valence-corrected chi connectivity index (χ0v) is 11.7. The molecule has 5 nitrogen and oxygen atoms in total. The predicted octanol–water partition coefficient (Wildman–Crippen LogP) is 3.06. The molecule has 0 saturated heterocycles. The van der Waals surface area contributed by atoms with Crippen LogP contribution in [0.4, 0.5) is 5.69 Å². The maximum Gasteiger partial charge on any atom is 0.336 e. The van der Waals surface area contributed by atoms with Crippen molar-refractivity contribution >= 4 is 34.3 Å². The van der Waals surface area contributed by atoms with E-state index < -0.39 is 5.97 Å². The molecule has 0 bridgehead atoms. The van der Waals surface area contributed by atoms with Crippen LogP contribution in [0, 0.1) is 0 Å². The standard InChI is InChI=1S/C15H11N3O2S/c16-9-5-6-11(15(19)20)13(7-9)21-14-10-3-1-2-4-12(10)17-8-18-14/h1-8H,16H2,(H,19,20). The van der Waals surface area contributed by atoms with E-state index in [0.717, 1.165) is 10.9 Å². The van der Waals surface area contributed by atoms with Gasteiger partial charge in [-0.3, -0.25) is 0 Å². The molecule has 0 fully saturated rings. The molecule has 0 aliphatic heterocycles. The summed E-state index contributed by atoms with van der Waals surface area (Å²) in [5.74, 6) is -0.990. The molecule has 104 valence electrons. The van der Waals surface area contributed by atoms with E-state index in [2.05, 4.69) is 9.97 Å². The lowest BCUT2D eigenvalue weighted by atomic mass is 10.2. The van der Waals surface area contributed by atoms with Crippen molar-refractivity contribution in [2.75, 3.05) is 5.73 Å². The van der Waals surface area contributed by atoms with E-state index in [0.29, 0.717) is 15.6 Å². The third-order valence-corrected chi connectivity index (χ3v) is 4.03. The van der Waals surface area contributed by atoms with Crippen molar-refractivity contribution in [3.05, 3.63) is 54.4 Å². The van der Waals surface area contributed by atoms with Crippen molar-refractivity contribution < 1.29 is 9.90 Å². The van der Waals surface area contributed by atoms with Gasteiger partial charge in [-0.15, -0.1) is 0 Å². The number of hydrogen-bond donors (Lipinski definition) is 2. The van der Waals surface area contributed by atoms with Gasteiger partial charge in [0.2, 0.25) is 0 Å². The second-order valence-electron chi connectivity index (χ2n) is 4.36. The fraction of sp³-hybridized carbons (Fsp3) is 0. The van der Waals surface area contributed by atoms with Crippen LogP contribution in [-0.4, -0.2) is 21.0 Å². The van der Waals surface area contributed by atoms with Crippen LogP contribution < -0.4 is 5.73 Å². The first-order valence-electron chi connectivity index (χ1n) is 6.15. The van der Waals surface area contributed by atoms with Gasteiger partial charge in [-0.05, 0) is 24.3 Å². The van der Waals surface area contributed by atoms with E-state index >= 15 is 0 Å². The van der Waals surface area contributed by atoms with Gasteiger partial charge in [0.05, 0.1) is 11.1 Å². The molecule has 0 radical (unpaired) electrons. The Labute approximate surface area is 124 Å². The highest BCUT2D eigenvalue weighted by Gasteiger charge is 2.13. The van der Waals surface area contributed by atoms with E-state index in [1.807, 2.05) is 24.3 Å². The van der Waals surface area contributed by atoms with E-state index in [1.54, 1.807) is 12.1 Å². The first-order chi connectivity index (χ1) is 10.1. The Kier molecular flexibility index (Phi) is 3.45. The Morgan fingerprint density at radius 1 is 1.14 bits per heavy atom. The normalized spacial score (nSPS) is 10.7. The molecule has 1 aromatic heterocycles. The van der Waals surface area contributed by atoms with E-state index in [1.165, 1.54) is 24.2 Å². The molecular weight excluding hydrogens is 286 g/mol. The van der Waals surface area contributed by atoms with Gasteiger partial charge in [-0.25, -0.2) is 14.8 Å². The van der Waals surface area contributed by atoms with Crippen molar-refractivity contribution in [3.63, 3.8) is 0 Å². The molecule has 6 heteroatoms. The highest BCUT2D eigenvalue weighted by atomic mass is 32.2. The summed E-state index contributed by atoms with van der Waals surface area (Å²) < 4.78 is 0. The average molecular weight is 297 g/mol. The van der Waals surface area contributed by atoms with Crippen molar-refractivity contribution in [3.8, 4) is 0 Å². The van der Waals surface area contributed by atoms with E-state index in [4.69, 9.17) is 5.73 Å². The zero-order chi connectivity index (χ0) is 14.8. The summed E-state index contributed by atoms with van der Waals surface area (Å²) in [7, 11) is 0. The van der Waals surface area contributed by atoms with Gasteiger partial charge in [0.15, 0.2) is 0 Å². The molecule has 0 atom stereocenters. The molecule has 1 heterocycles. The molecule has 3 N–H and O–H groups in total. The van der Waals surface area contributed by atoms with Crippen molar-refractivity contribution in [1.29, 1.82) is 0 Å². The number of carboxylic acid groups (broad SMARTS) is 1. The molecule has 3 aromatic rings. The number of carboxylic acids is 1. The van der Waals surface area contributed by atoms with E-state index in [-0.39, 0.29) is 5.56 Å². The number of nitrogens with zero attached hydrogens (tertiary/aromatic N) is 2. The number of nitrogen functional groups attached to an aromatic ring is 1. The lowest BCUT2D eigenvalue weighted by Crippen LogP contribution is -2.00. The summed E-state index contributed by atoms with van der Waals surface area (Å²) in [6.07, 6.45) is 1.47. The van der Waals surface area contributed by atoms with Gasteiger partial charge in [0.1, 0.15) is 11.4 Å². The number of fused-ring (bicyclic) bond motifs is 1. The number of aromatic nitrogens is 2. The van der Waals surface area contributed by atoms with Gasteiger partial charge in [0, 0.05) is 16.0 Å². The second-order valence-corrected chi connectivity index (χ2v) is 5.39. The number of carbonyl (C=O) groups is 1.